The van der Waals surface area contributed by atoms with E-state index in [1.54, 1.807) is 13.3 Å². The van der Waals surface area contributed by atoms with Crippen molar-refractivity contribution in [2.45, 2.75) is 73.0 Å². The van der Waals surface area contributed by atoms with Crippen LogP contribution in [0.3, 0.4) is 0 Å². The molecule has 0 heterocycles. The van der Waals surface area contributed by atoms with Gasteiger partial charge in [-0.3, -0.25) is 0 Å². The Morgan fingerprint density at radius 2 is 0.929 bits per heavy atom. The maximum absolute atomic E-state index is 2.35. The standard InChI is InChI=1S/C6H15Si.3C2H5.Sn/c1-4-7(5-2)6-3;3*1-2;/h4-6H2,1-3H3;3*1H2,2H3;. The monoisotopic (exact) mass is 322 g/mol. The zero-order valence-electron chi connectivity index (χ0n) is 11.2. The van der Waals surface area contributed by atoms with Crippen LogP contribution in [0.5, 0.6) is 0 Å². The Balaban J connectivity index is 0. The van der Waals surface area contributed by atoms with Gasteiger partial charge in [-0.05, 0) is 0 Å². The van der Waals surface area contributed by atoms with Gasteiger partial charge in [0.2, 0.25) is 0 Å². The first-order chi connectivity index (χ1) is 6.69. The fourth-order valence-corrected chi connectivity index (χ4v) is 7.28. The van der Waals surface area contributed by atoms with E-state index in [1.165, 1.54) is 18.1 Å². The number of rotatable bonds is 6. The van der Waals surface area contributed by atoms with E-state index in [-0.39, 0.29) is 8.80 Å². The Bertz CT molecular complexity index is 65.3. The molecule has 0 rings (SSSR count). The summed E-state index contributed by atoms with van der Waals surface area (Å²) in [6, 6.07) is 4.37. The van der Waals surface area contributed by atoms with Gasteiger partial charge in [-0.2, -0.15) is 0 Å². The van der Waals surface area contributed by atoms with Gasteiger partial charge < -0.3 is 0 Å². The van der Waals surface area contributed by atoms with Gasteiger partial charge in [0.05, 0.1) is 0 Å². The fraction of sp³-hybridized carbons (Fsp3) is 1.00. The Labute approximate surface area is 101 Å². The molecule has 0 amide bonds. The van der Waals surface area contributed by atoms with E-state index in [1.807, 2.05) is 0 Å². The van der Waals surface area contributed by atoms with Crippen LogP contribution < -0.4 is 0 Å². The molecule has 86 valence electrons. The molecule has 14 heavy (non-hydrogen) atoms. The summed E-state index contributed by atoms with van der Waals surface area (Å²) in [5.74, 6) is 0. The van der Waals surface area contributed by atoms with E-state index >= 15 is 0 Å². The van der Waals surface area contributed by atoms with Crippen molar-refractivity contribution in [3.05, 3.63) is 0 Å². The third-order valence-electron chi connectivity index (χ3n) is 3.00. The van der Waals surface area contributed by atoms with E-state index in [0.717, 1.165) is 0 Å². The molecule has 0 saturated heterocycles. The van der Waals surface area contributed by atoms with Crippen molar-refractivity contribution in [3.8, 4) is 0 Å². The minimum atomic E-state index is -0.653. The van der Waals surface area contributed by atoms with Gasteiger partial charge in [-0.1, -0.05) is 38.9 Å². The number of hydrogen-bond acceptors (Lipinski definition) is 0. The minimum absolute atomic E-state index is 0.137. The summed E-state index contributed by atoms with van der Waals surface area (Å²) in [7, 11) is 0.137. The molecule has 2 radical (unpaired) electrons. The molecule has 0 saturated carbocycles. The van der Waals surface area contributed by atoms with E-state index in [2.05, 4.69) is 41.5 Å². The third kappa shape index (κ3) is 11.1. The molecule has 0 aliphatic rings. The maximum atomic E-state index is 2.35. The van der Waals surface area contributed by atoms with Crippen LogP contribution in [0.25, 0.3) is 0 Å². The van der Waals surface area contributed by atoms with Gasteiger partial charge in [0.1, 0.15) is 0 Å². The third-order valence-corrected chi connectivity index (χ3v) is 14.6. The second-order valence-electron chi connectivity index (χ2n) is 3.62. The molecular weight excluding hydrogens is 291 g/mol. The van der Waals surface area contributed by atoms with Crippen molar-refractivity contribution >= 4 is 28.6 Å². The van der Waals surface area contributed by atoms with Crippen LogP contribution in [-0.2, 0) is 0 Å². The average Bonchev–Trinajstić information content (AvgIpc) is 2.24. The van der Waals surface area contributed by atoms with Crippen molar-refractivity contribution in [1.82, 2.24) is 0 Å². The second kappa shape index (κ2) is 14.0. The first-order valence-electron chi connectivity index (χ1n) is 6.36. The van der Waals surface area contributed by atoms with Crippen molar-refractivity contribution in [3.63, 3.8) is 0 Å². The van der Waals surface area contributed by atoms with Crippen LogP contribution >= 0.6 is 0 Å². The Kier molecular flexibility index (Phi) is 17.4. The normalized spacial score (nSPS) is 10.3. The predicted octanol–water partition coefficient (Wildman–Crippen LogP) is 5.08. The molecule has 0 atom stereocenters. The van der Waals surface area contributed by atoms with E-state index in [9.17, 15) is 0 Å². The molecule has 2 heteroatoms. The first-order valence-corrected chi connectivity index (χ1v) is 14.5. The van der Waals surface area contributed by atoms with E-state index in [4.69, 9.17) is 0 Å². The Morgan fingerprint density at radius 3 is 0.929 bits per heavy atom. The molecular formula is C12H30SiSn. The van der Waals surface area contributed by atoms with Gasteiger partial charge in [0.15, 0.2) is 0 Å². The molecule has 0 spiro atoms. The summed E-state index contributed by atoms with van der Waals surface area (Å²) in [6.45, 7) is 14.0. The topological polar surface area (TPSA) is 0 Å². The quantitative estimate of drug-likeness (QED) is 0.598. The molecule has 0 aliphatic heterocycles. The summed E-state index contributed by atoms with van der Waals surface area (Å²) in [5, 5.41) is 0. The molecule has 0 aromatic rings. The van der Waals surface area contributed by atoms with Crippen LogP contribution in [0.1, 0.15) is 41.5 Å². The van der Waals surface area contributed by atoms with Crippen molar-refractivity contribution in [2.75, 3.05) is 0 Å². The van der Waals surface area contributed by atoms with Crippen molar-refractivity contribution < 1.29 is 0 Å². The van der Waals surface area contributed by atoms with Gasteiger partial charge in [-0.25, -0.2) is 0 Å². The molecule has 0 unspecified atom stereocenters. The van der Waals surface area contributed by atoms with Crippen LogP contribution in [0.15, 0.2) is 0 Å². The summed E-state index contributed by atoms with van der Waals surface area (Å²) < 4.78 is 4.65. The SMILES string of the molecule is CC[Si](CC)CC.C[CH2][Sn]([CH2]C)[CH2]C. The molecule has 0 aromatic carbocycles. The van der Waals surface area contributed by atoms with E-state index < -0.39 is 19.8 Å². The fourth-order valence-electron chi connectivity index (χ4n) is 1.50. The van der Waals surface area contributed by atoms with Crippen molar-refractivity contribution in [1.29, 1.82) is 0 Å². The summed E-state index contributed by atoms with van der Waals surface area (Å²) in [6.07, 6.45) is 0. The zero-order valence-corrected chi connectivity index (χ0v) is 15.1. The van der Waals surface area contributed by atoms with Crippen LogP contribution in [0.4, 0.5) is 0 Å². The second-order valence-corrected chi connectivity index (χ2v) is 17.6. The molecule has 0 bridgehead atoms. The predicted molar refractivity (Wildman–Crippen MR) is 74.4 cm³/mol. The van der Waals surface area contributed by atoms with Crippen molar-refractivity contribution in [2.24, 2.45) is 0 Å². The average molecular weight is 321 g/mol. The van der Waals surface area contributed by atoms with Crippen LogP contribution in [-0.4, -0.2) is 28.6 Å². The summed E-state index contributed by atoms with van der Waals surface area (Å²) in [5.41, 5.74) is 0. The molecule has 0 N–H and O–H groups in total. The Hall–Kier alpha value is 1.02. The molecule has 0 nitrogen and oxygen atoms in total. The summed E-state index contributed by atoms with van der Waals surface area (Å²) in [4.78, 5) is 0. The number of hydrogen-bond donors (Lipinski definition) is 0. The van der Waals surface area contributed by atoms with Crippen LogP contribution in [0.2, 0.25) is 31.4 Å². The Morgan fingerprint density at radius 1 is 0.643 bits per heavy atom. The van der Waals surface area contributed by atoms with E-state index in [0.29, 0.717) is 0 Å². The first kappa shape index (κ1) is 17.4. The molecule has 0 aliphatic carbocycles. The van der Waals surface area contributed by atoms with Gasteiger partial charge >= 0.3 is 53.8 Å². The van der Waals surface area contributed by atoms with Gasteiger partial charge in [0, 0.05) is 8.80 Å². The van der Waals surface area contributed by atoms with Gasteiger partial charge in [0.25, 0.3) is 0 Å². The van der Waals surface area contributed by atoms with Crippen LogP contribution in [0, 0.1) is 0 Å². The molecule has 0 fully saturated rings. The molecule has 0 aromatic heterocycles. The zero-order chi connectivity index (χ0) is 11.4. The van der Waals surface area contributed by atoms with Gasteiger partial charge in [-0.15, -0.1) is 0 Å². The summed E-state index contributed by atoms with van der Waals surface area (Å²) >= 11 is -0.653.